The molecule has 1 aliphatic heterocycles. The lowest BCUT2D eigenvalue weighted by Crippen LogP contribution is -2.03. The Kier molecular flexibility index (Phi) is 1.02. The highest BCUT2D eigenvalue weighted by Crippen LogP contribution is 2.16. The van der Waals surface area contributed by atoms with Crippen LogP contribution in [0.5, 0.6) is 0 Å². The summed E-state index contributed by atoms with van der Waals surface area (Å²) in [6.07, 6.45) is 0. The van der Waals surface area contributed by atoms with Crippen molar-refractivity contribution in [1.82, 2.24) is 0 Å². The Bertz CT molecular complexity index is 105. The first-order valence-electron chi connectivity index (χ1n) is 1.55. The van der Waals surface area contributed by atoms with Crippen LogP contribution in [0, 0.1) is 5.75 Å². The molecule has 4 heteroatoms. The van der Waals surface area contributed by atoms with E-state index in [2.05, 4.69) is 4.18 Å². The van der Waals surface area contributed by atoms with Gasteiger partial charge in [-0.1, -0.05) is 0 Å². The Morgan fingerprint density at radius 3 is 2.43 bits per heavy atom. The fraction of sp³-hybridized carbons (Fsp3) is 0. The number of Topliss-reactive ketones (excluding diaryl/α,β-unsaturated/α-hetero) is 1. The first-order valence-corrected chi connectivity index (χ1v) is 2.36. The molecule has 0 amide bonds. The maximum Gasteiger partial charge on any atom is 0.388 e. The van der Waals surface area contributed by atoms with Gasteiger partial charge >= 0.3 is 5.97 Å². The average molecular weight is 117 g/mol. The van der Waals surface area contributed by atoms with Gasteiger partial charge in [-0.2, -0.15) is 0 Å². The molecule has 3 nitrogen and oxygen atoms in total. The second-order valence-electron chi connectivity index (χ2n) is 0.949. The molecule has 0 bridgehead atoms. The molecule has 0 atom stereocenters. The Labute approximate surface area is 44.2 Å². The van der Waals surface area contributed by atoms with Crippen molar-refractivity contribution in [1.29, 1.82) is 0 Å². The first-order chi connectivity index (χ1) is 3.30. The van der Waals surface area contributed by atoms with Gasteiger partial charge in [0.1, 0.15) is 5.75 Å². The molecule has 1 fully saturated rings. The number of carbonyl (C=O) groups excluding carboxylic acids is 2. The standard InChI is InChI=1S/C3HO3S/c4-2-1-7-6-3(2)5/h1H. The second-order valence-corrected chi connectivity index (χ2v) is 1.54. The van der Waals surface area contributed by atoms with E-state index >= 15 is 0 Å². The van der Waals surface area contributed by atoms with Crippen molar-refractivity contribution in [3.63, 3.8) is 0 Å². The van der Waals surface area contributed by atoms with Crippen LogP contribution in [0.4, 0.5) is 0 Å². The normalized spacial score (nSPS) is 20.0. The zero-order valence-electron chi connectivity index (χ0n) is 3.21. The molecule has 7 heavy (non-hydrogen) atoms. The summed E-state index contributed by atoms with van der Waals surface area (Å²) in [6, 6.07) is 0. The Balaban J connectivity index is 2.65. The van der Waals surface area contributed by atoms with Crippen molar-refractivity contribution < 1.29 is 13.8 Å². The van der Waals surface area contributed by atoms with Gasteiger partial charge in [-0.05, 0) is 0 Å². The van der Waals surface area contributed by atoms with Crippen LogP contribution in [0.3, 0.4) is 0 Å². The van der Waals surface area contributed by atoms with Crippen LogP contribution in [0.2, 0.25) is 0 Å². The fourth-order valence-electron chi connectivity index (χ4n) is 0.201. The molecular weight excluding hydrogens is 116 g/mol. The van der Waals surface area contributed by atoms with Gasteiger partial charge in [-0.3, -0.25) is 4.79 Å². The van der Waals surface area contributed by atoms with Crippen LogP contribution in [0.25, 0.3) is 0 Å². The molecular formula is C3HO3S. The van der Waals surface area contributed by atoms with Gasteiger partial charge in [0.25, 0.3) is 5.78 Å². The van der Waals surface area contributed by atoms with Crippen LogP contribution < -0.4 is 0 Å². The molecule has 0 spiro atoms. The summed E-state index contributed by atoms with van der Waals surface area (Å²) in [5.74, 6) is -0.211. The number of ketones is 1. The van der Waals surface area contributed by atoms with Crippen molar-refractivity contribution in [3.8, 4) is 0 Å². The number of hydrogen-bond acceptors (Lipinski definition) is 4. The van der Waals surface area contributed by atoms with Crippen LogP contribution in [0.15, 0.2) is 0 Å². The molecule has 0 aromatic carbocycles. The van der Waals surface area contributed by atoms with E-state index in [-0.39, 0.29) is 0 Å². The fourth-order valence-corrected chi connectivity index (χ4v) is 0.602. The topological polar surface area (TPSA) is 43.4 Å². The van der Waals surface area contributed by atoms with E-state index in [1.54, 1.807) is 0 Å². The lowest BCUT2D eigenvalue weighted by atomic mass is 10.5. The summed E-state index contributed by atoms with van der Waals surface area (Å²) in [6.45, 7) is 0. The third-order valence-electron chi connectivity index (χ3n) is 0.480. The Morgan fingerprint density at radius 1 is 1.57 bits per heavy atom. The molecule has 1 heterocycles. The summed E-state index contributed by atoms with van der Waals surface area (Å²) in [4.78, 5) is 20.0. The highest BCUT2D eigenvalue weighted by Gasteiger charge is 2.24. The van der Waals surface area contributed by atoms with Gasteiger partial charge in [0, 0.05) is 0 Å². The quantitative estimate of drug-likeness (QED) is 0.329. The molecule has 1 saturated heterocycles. The summed E-state index contributed by atoms with van der Waals surface area (Å²) < 4.78 is 4.14. The minimum atomic E-state index is -0.773. The highest BCUT2D eigenvalue weighted by molar-refractivity contribution is 7.98. The summed E-state index contributed by atoms with van der Waals surface area (Å²) in [5.41, 5.74) is 0. The zero-order chi connectivity index (χ0) is 5.28. The van der Waals surface area contributed by atoms with Gasteiger partial charge < -0.3 is 4.18 Å². The average Bonchev–Trinajstić information content (AvgIpc) is 1.91. The zero-order valence-corrected chi connectivity index (χ0v) is 4.03. The molecule has 0 aliphatic carbocycles. The van der Waals surface area contributed by atoms with E-state index in [9.17, 15) is 9.59 Å². The molecule has 0 aromatic rings. The third-order valence-corrected chi connectivity index (χ3v) is 1.04. The van der Waals surface area contributed by atoms with Gasteiger partial charge in [0.15, 0.2) is 0 Å². The largest absolute Gasteiger partial charge is 0.388 e. The van der Waals surface area contributed by atoms with Gasteiger partial charge in [0.05, 0.1) is 12.0 Å². The molecule has 0 unspecified atom stereocenters. The smallest absolute Gasteiger partial charge is 0.385 e. The van der Waals surface area contributed by atoms with Crippen molar-refractivity contribution in [2.75, 3.05) is 0 Å². The molecule has 0 saturated carbocycles. The molecule has 1 radical (unpaired) electrons. The molecule has 0 N–H and O–H groups in total. The molecule has 1 rings (SSSR count). The molecule has 0 aromatic heterocycles. The maximum atomic E-state index is 10.0. The highest BCUT2D eigenvalue weighted by atomic mass is 32.2. The summed E-state index contributed by atoms with van der Waals surface area (Å²) in [7, 11) is 0. The van der Waals surface area contributed by atoms with Gasteiger partial charge in [-0.25, -0.2) is 4.79 Å². The van der Waals surface area contributed by atoms with Crippen LogP contribution in [0.1, 0.15) is 0 Å². The SMILES string of the molecule is O=C1[CH]SOC1=O. The van der Waals surface area contributed by atoms with Crippen molar-refractivity contribution in [3.05, 3.63) is 5.75 Å². The van der Waals surface area contributed by atoms with E-state index in [1.165, 1.54) is 0 Å². The second kappa shape index (κ2) is 1.54. The van der Waals surface area contributed by atoms with Gasteiger partial charge in [0.2, 0.25) is 0 Å². The van der Waals surface area contributed by atoms with Crippen molar-refractivity contribution in [2.24, 2.45) is 0 Å². The lowest BCUT2D eigenvalue weighted by molar-refractivity contribution is -0.142. The predicted octanol–water partition coefficient (Wildman–Crippen LogP) is -0.0777. The number of rotatable bonds is 0. The maximum absolute atomic E-state index is 10.0. The van der Waals surface area contributed by atoms with E-state index in [0.717, 1.165) is 17.8 Å². The van der Waals surface area contributed by atoms with E-state index in [0.29, 0.717) is 0 Å². The van der Waals surface area contributed by atoms with Crippen molar-refractivity contribution in [2.45, 2.75) is 0 Å². The number of hydrogen-bond donors (Lipinski definition) is 0. The third kappa shape index (κ3) is 0.742. The summed E-state index contributed by atoms with van der Waals surface area (Å²) in [5, 5.41) is 0. The van der Waals surface area contributed by atoms with Crippen molar-refractivity contribution >= 4 is 23.8 Å². The minimum absolute atomic E-state index is 0.565. The van der Waals surface area contributed by atoms with Crippen LogP contribution >= 0.6 is 12.0 Å². The van der Waals surface area contributed by atoms with Crippen LogP contribution in [-0.2, 0) is 13.8 Å². The summed E-state index contributed by atoms with van der Waals surface area (Å²) >= 11 is 0.766. The molecule has 1 aliphatic rings. The molecule has 37 valence electrons. The Hall–Kier alpha value is -0.510. The van der Waals surface area contributed by atoms with E-state index in [1.807, 2.05) is 0 Å². The minimum Gasteiger partial charge on any atom is -0.385 e. The lowest BCUT2D eigenvalue weighted by Gasteiger charge is -1.76. The first kappa shape index (κ1) is 4.64. The van der Waals surface area contributed by atoms with Gasteiger partial charge in [-0.15, -0.1) is 0 Å². The predicted molar refractivity (Wildman–Crippen MR) is 23.0 cm³/mol. The van der Waals surface area contributed by atoms with E-state index in [4.69, 9.17) is 0 Å². The Morgan fingerprint density at radius 2 is 2.29 bits per heavy atom. The monoisotopic (exact) mass is 117 g/mol. The van der Waals surface area contributed by atoms with E-state index < -0.39 is 11.8 Å². The van der Waals surface area contributed by atoms with Crippen LogP contribution in [-0.4, -0.2) is 11.8 Å². The number of carbonyl (C=O) groups is 2.